The van der Waals surface area contributed by atoms with Crippen molar-refractivity contribution >= 4 is 11.7 Å². The van der Waals surface area contributed by atoms with Gasteiger partial charge in [0.05, 0.1) is 18.2 Å². The van der Waals surface area contributed by atoms with E-state index in [1.807, 2.05) is 0 Å². The van der Waals surface area contributed by atoms with Gasteiger partial charge < -0.3 is 15.2 Å². The van der Waals surface area contributed by atoms with Gasteiger partial charge >= 0.3 is 6.18 Å². The van der Waals surface area contributed by atoms with Crippen LogP contribution in [0.3, 0.4) is 0 Å². The zero-order valence-corrected chi connectivity index (χ0v) is 14.5. The molecule has 0 fully saturated rings. The maximum Gasteiger partial charge on any atom is 0.451 e. The maximum atomic E-state index is 13.7. The minimum absolute atomic E-state index is 0.0940. The highest BCUT2D eigenvalue weighted by Gasteiger charge is 2.40. The van der Waals surface area contributed by atoms with Gasteiger partial charge in [0.25, 0.3) is 0 Å². The molecule has 29 heavy (non-hydrogen) atoms. The van der Waals surface area contributed by atoms with E-state index < -0.39 is 59.2 Å². The number of alkyl halides is 3. The first-order valence-corrected chi connectivity index (χ1v) is 8.20. The second-order valence-electron chi connectivity index (χ2n) is 6.33. The number of halogens is 6. The molecule has 3 rings (SSSR count). The van der Waals surface area contributed by atoms with E-state index in [0.29, 0.717) is 6.07 Å². The van der Waals surface area contributed by atoms with Crippen LogP contribution in [0.25, 0.3) is 0 Å². The van der Waals surface area contributed by atoms with Crippen LogP contribution in [0.15, 0.2) is 12.1 Å². The number of aromatic nitrogens is 3. The minimum Gasteiger partial charge on any atom is -0.333 e. The number of Topliss-reactive ketones (excluding diaryl/α,β-unsaturated/α-hetero) is 1. The number of nitrogens with two attached hydrogens (primary N) is 1. The van der Waals surface area contributed by atoms with Crippen LogP contribution in [-0.2, 0) is 24.1 Å². The SMILES string of the molecule is NC(CC(=O)N1CCn2c(nnc2C(F)(F)F)C1)C(=O)c1cc(F)c(F)cc1F. The van der Waals surface area contributed by atoms with Crippen molar-refractivity contribution in [3.63, 3.8) is 0 Å². The monoisotopic (exact) mass is 421 g/mol. The third-order valence-corrected chi connectivity index (χ3v) is 4.37. The molecule has 2 heterocycles. The van der Waals surface area contributed by atoms with Gasteiger partial charge in [0.15, 0.2) is 23.2 Å². The molecule has 0 bridgehead atoms. The number of carbonyl (C=O) groups is 2. The molecular weight excluding hydrogens is 408 g/mol. The standard InChI is InChI=1S/C16H13F6N5O2/c17-8-4-10(19)9(18)3-7(8)14(29)11(23)5-13(28)26-1-2-27-12(6-26)24-25-15(27)16(20,21)22/h3-4,11H,1-2,5-6,23H2. The quantitative estimate of drug-likeness (QED) is 0.461. The molecule has 0 saturated heterocycles. The predicted octanol–water partition coefficient (Wildman–Crippen LogP) is 1.66. The summed E-state index contributed by atoms with van der Waals surface area (Å²) in [5.41, 5.74) is 4.80. The Labute approximate surface area is 159 Å². The van der Waals surface area contributed by atoms with Gasteiger partial charge in [-0.2, -0.15) is 13.2 Å². The Morgan fingerprint density at radius 3 is 2.38 bits per heavy atom. The molecule has 0 spiro atoms. The molecule has 1 aromatic carbocycles. The number of carbonyl (C=O) groups excluding carboxylic acids is 2. The molecule has 13 heteroatoms. The zero-order valence-electron chi connectivity index (χ0n) is 14.5. The summed E-state index contributed by atoms with van der Waals surface area (Å²) in [6, 6.07) is -1.03. The van der Waals surface area contributed by atoms with Crippen LogP contribution in [0.2, 0.25) is 0 Å². The lowest BCUT2D eigenvalue weighted by molar-refractivity contribution is -0.148. The Morgan fingerprint density at radius 2 is 1.72 bits per heavy atom. The van der Waals surface area contributed by atoms with E-state index in [2.05, 4.69) is 10.2 Å². The van der Waals surface area contributed by atoms with Gasteiger partial charge in [-0.25, -0.2) is 13.2 Å². The van der Waals surface area contributed by atoms with Crippen molar-refractivity contribution in [2.45, 2.75) is 31.7 Å². The fourth-order valence-corrected chi connectivity index (χ4v) is 2.90. The molecule has 0 radical (unpaired) electrons. The molecule has 1 aliphatic heterocycles. The van der Waals surface area contributed by atoms with Gasteiger partial charge in [-0.1, -0.05) is 0 Å². The number of benzene rings is 1. The highest BCUT2D eigenvalue weighted by molar-refractivity contribution is 6.02. The zero-order chi connectivity index (χ0) is 21.5. The summed E-state index contributed by atoms with van der Waals surface area (Å²) in [4.78, 5) is 25.7. The average molecular weight is 421 g/mol. The topological polar surface area (TPSA) is 94.1 Å². The van der Waals surface area contributed by atoms with Crippen molar-refractivity contribution in [1.82, 2.24) is 19.7 Å². The lowest BCUT2D eigenvalue weighted by atomic mass is 10.0. The summed E-state index contributed by atoms with van der Waals surface area (Å²) in [5, 5.41) is 6.50. The first kappa shape index (κ1) is 20.8. The smallest absolute Gasteiger partial charge is 0.333 e. The van der Waals surface area contributed by atoms with E-state index in [4.69, 9.17) is 5.73 Å². The summed E-state index contributed by atoms with van der Waals surface area (Å²) in [5.74, 6) is -7.36. The first-order valence-electron chi connectivity index (χ1n) is 8.20. The molecule has 1 atom stereocenters. The van der Waals surface area contributed by atoms with E-state index in [-0.39, 0.29) is 31.5 Å². The minimum atomic E-state index is -4.69. The fraction of sp³-hybridized carbons (Fsp3) is 0.375. The summed E-state index contributed by atoms with van der Waals surface area (Å²) in [6.45, 7) is -0.625. The highest BCUT2D eigenvalue weighted by Crippen LogP contribution is 2.29. The number of nitrogens with zero attached hydrogens (tertiary/aromatic N) is 4. The van der Waals surface area contributed by atoms with Gasteiger partial charge in [0.2, 0.25) is 11.7 Å². The van der Waals surface area contributed by atoms with Gasteiger partial charge in [0.1, 0.15) is 5.82 Å². The van der Waals surface area contributed by atoms with Crippen LogP contribution in [0.4, 0.5) is 26.3 Å². The van der Waals surface area contributed by atoms with Crippen LogP contribution in [0.1, 0.15) is 28.4 Å². The van der Waals surface area contributed by atoms with Gasteiger partial charge in [-0.3, -0.25) is 9.59 Å². The summed E-state index contributed by atoms with van der Waals surface area (Å²) in [6.07, 6.45) is -5.31. The Hall–Kier alpha value is -2.96. The van der Waals surface area contributed by atoms with Crippen molar-refractivity contribution in [3.8, 4) is 0 Å². The molecule has 1 aromatic heterocycles. The van der Waals surface area contributed by atoms with Crippen molar-refractivity contribution in [2.24, 2.45) is 5.73 Å². The van der Waals surface area contributed by atoms with Crippen LogP contribution in [0.5, 0.6) is 0 Å². The van der Waals surface area contributed by atoms with Gasteiger partial charge in [0, 0.05) is 25.6 Å². The molecule has 1 aliphatic rings. The van der Waals surface area contributed by atoms with Crippen LogP contribution in [0, 0.1) is 17.5 Å². The number of amides is 1. The van der Waals surface area contributed by atoms with E-state index in [1.165, 1.54) is 0 Å². The lowest BCUT2D eigenvalue weighted by Gasteiger charge is -2.28. The maximum absolute atomic E-state index is 13.7. The van der Waals surface area contributed by atoms with E-state index >= 15 is 0 Å². The third kappa shape index (κ3) is 4.09. The fourth-order valence-electron chi connectivity index (χ4n) is 2.90. The Morgan fingerprint density at radius 1 is 1.07 bits per heavy atom. The van der Waals surface area contributed by atoms with E-state index in [1.54, 1.807) is 0 Å². The summed E-state index contributed by atoms with van der Waals surface area (Å²) >= 11 is 0. The van der Waals surface area contributed by atoms with Crippen LogP contribution < -0.4 is 5.73 Å². The molecule has 0 aliphatic carbocycles. The summed E-state index contributed by atoms with van der Waals surface area (Å²) in [7, 11) is 0. The second kappa shape index (κ2) is 7.46. The number of fused-ring (bicyclic) bond motifs is 1. The first-order chi connectivity index (χ1) is 13.5. The van der Waals surface area contributed by atoms with Crippen molar-refractivity contribution in [1.29, 1.82) is 0 Å². The van der Waals surface area contributed by atoms with Gasteiger partial charge in [-0.15, -0.1) is 10.2 Å². The third-order valence-electron chi connectivity index (χ3n) is 4.37. The molecule has 2 aromatic rings. The average Bonchev–Trinajstić information content (AvgIpc) is 3.07. The second-order valence-corrected chi connectivity index (χ2v) is 6.33. The summed E-state index contributed by atoms with van der Waals surface area (Å²) < 4.78 is 79.3. The van der Waals surface area contributed by atoms with E-state index in [9.17, 15) is 35.9 Å². The lowest BCUT2D eigenvalue weighted by Crippen LogP contribution is -2.43. The molecule has 2 N–H and O–H groups in total. The predicted molar refractivity (Wildman–Crippen MR) is 83.7 cm³/mol. The molecule has 0 saturated carbocycles. The Kier molecular flexibility index (Phi) is 5.34. The normalized spacial score (nSPS) is 15.2. The molecule has 1 amide bonds. The largest absolute Gasteiger partial charge is 0.451 e. The van der Waals surface area contributed by atoms with Crippen LogP contribution >= 0.6 is 0 Å². The Bertz CT molecular complexity index is 973. The molecule has 7 nitrogen and oxygen atoms in total. The van der Waals surface area contributed by atoms with E-state index in [0.717, 1.165) is 9.47 Å². The number of hydrogen-bond acceptors (Lipinski definition) is 5. The van der Waals surface area contributed by atoms with Crippen molar-refractivity contribution in [3.05, 3.63) is 46.8 Å². The molecule has 1 unspecified atom stereocenters. The Balaban J connectivity index is 1.69. The highest BCUT2D eigenvalue weighted by atomic mass is 19.4. The number of hydrogen-bond donors (Lipinski definition) is 1. The molecule has 156 valence electrons. The number of ketones is 1. The molecular formula is C16H13F6N5O2. The van der Waals surface area contributed by atoms with Crippen molar-refractivity contribution < 1.29 is 35.9 Å². The van der Waals surface area contributed by atoms with Crippen molar-refractivity contribution in [2.75, 3.05) is 6.54 Å². The van der Waals surface area contributed by atoms with Crippen LogP contribution in [-0.4, -0.2) is 43.9 Å². The van der Waals surface area contributed by atoms with Gasteiger partial charge in [-0.05, 0) is 6.07 Å². The number of rotatable bonds is 4.